The lowest BCUT2D eigenvalue weighted by atomic mass is 10.0. The summed E-state index contributed by atoms with van der Waals surface area (Å²) in [7, 11) is -3.29. The van der Waals surface area contributed by atoms with Crippen molar-refractivity contribution in [1.82, 2.24) is 15.3 Å². The van der Waals surface area contributed by atoms with E-state index in [0.29, 0.717) is 11.4 Å². The van der Waals surface area contributed by atoms with E-state index in [2.05, 4.69) is 15.3 Å². The first-order chi connectivity index (χ1) is 12.3. The average molecular weight is 371 g/mol. The van der Waals surface area contributed by atoms with Crippen LogP contribution in [-0.2, 0) is 9.84 Å². The number of nitrogens with zero attached hydrogens (tertiary/aromatic N) is 1. The Morgan fingerprint density at radius 1 is 1.08 bits per heavy atom. The van der Waals surface area contributed by atoms with Gasteiger partial charge in [0.05, 0.1) is 22.0 Å². The summed E-state index contributed by atoms with van der Waals surface area (Å²) in [5, 5.41) is 2.99. The number of hydrogen-bond donors (Lipinski definition) is 2. The van der Waals surface area contributed by atoms with Gasteiger partial charge in [-0.05, 0) is 42.3 Å². The highest BCUT2D eigenvalue weighted by atomic mass is 32.2. The maximum absolute atomic E-state index is 12.6. The summed E-state index contributed by atoms with van der Waals surface area (Å²) in [5.74, 6) is 0.543. The van der Waals surface area contributed by atoms with Crippen molar-refractivity contribution in [3.05, 3.63) is 59.9 Å². The number of sulfone groups is 1. The molecule has 0 spiro atoms. The second kappa shape index (κ2) is 6.92. The zero-order chi connectivity index (χ0) is 18.9. The number of hydrogen-bond acceptors (Lipinski definition) is 4. The molecule has 136 valence electrons. The Morgan fingerprint density at radius 2 is 1.73 bits per heavy atom. The smallest absolute Gasteiger partial charge is 0.251 e. The summed E-state index contributed by atoms with van der Waals surface area (Å²) in [6.45, 7) is 4.01. The van der Waals surface area contributed by atoms with E-state index in [1.807, 2.05) is 38.1 Å². The number of aromatic nitrogens is 2. The molecule has 2 N–H and O–H groups in total. The maximum atomic E-state index is 12.6. The molecule has 1 aromatic heterocycles. The molecule has 1 atom stereocenters. The Labute approximate surface area is 152 Å². The van der Waals surface area contributed by atoms with Crippen molar-refractivity contribution >= 4 is 26.8 Å². The van der Waals surface area contributed by atoms with Gasteiger partial charge in [0, 0.05) is 11.8 Å². The molecule has 26 heavy (non-hydrogen) atoms. The number of para-hydroxylation sites is 2. The van der Waals surface area contributed by atoms with Crippen LogP contribution in [0.3, 0.4) is 0 Å². The molecule has 1 heterocycles. The number of H-pyrrole nitrogens is 1. The molecule has 0 aliphatic carbocycles. The fourth-order valence-corrected chi connectivity index (χ4v) is 3.38. The van der Waals surface area contributed by atoms with Crippen LogP contribution in [0.1, 0.15) is 36.1 Å². The minimum atomic E-state index is -3.29. The number of carbonyl (C=O) groups is 1. The molecule has 1 amide bonds. The molecule has 3 aromatic rings. The fourth-order valence-electron chi connectivity index (χ4n) is 2.75. The Bertz CT molecular complexity index is 1000. The van der Waals surface area contributed by atoms with Gasteiger partial charge >= 0.3 is 0 Å². The van der Waals surface area contributed by atoms with E-state index >= 15 is 0 Å². The van der Waals surface area contributed by atoms with Gasteiger partial charge in [-0.3, -0.25) is 4.79 Å². The van der Waals surface area contributed by atoms with E-state index in [1.54, 1.807) is 0 Å². The summed E-state index contributed by atoms with van der Waals surface area (Å²) >= 11 is 0. The Morgan fingerprint density at radius 3 is 2.31 bits per heavy atom. The van der Waals surface area contributed by atoms with Crippen molar-refractivity contribution in [1.29, 1.82) is 0 Å². The highest BCUT2D eigenvalue weighted by Gasteiger charge is 2.22. The lowest BCUT2D eigenvalue weighted by molar-refractivity contribution is 0.0923. The Kier molecular flexibility index (Phi) is 4.82. The topological polar surface area (TPSA) is 91.9 Å². The molecular formula is C19H21N3O3S. The number of benzene rings is 2. The van der Waals surface area contributed by atoms with Gasteiger partial charge in [0.25, 0.3) is 5.91 Å². The summed E-state index contributed by atoms with van der Waals surface area (Å²) in [6.07, 6.45) is 1.14. The molecule has 0 fully saturated rings. The van der Waals surface area contributed by atoms with Crippen LogP contribution in [0.25, 0.3) is 11.0 Å². The molecule has 0 bridgehead atoms. The van der Waals surface area contributed by atoms with Crippen molar-refractivity contribution in [2.24, 2.45) is 5.92 Å². The van der Waals surface area contributed by atoms with E-state index < -0.39 is 9.84 Å². The third kappa shape index (κ3) is 3.77. The lowest BCUT2D eigenvalue weighted by Gasteiger charge is -2.20. The molecule has 0 saturated heterocycles. The summed E-state index contributed by atoms with van der Waals surface area (Å²) < 4.78 is 23.1. The summed E-state index contributed by atoms with van der Waals surface area (Å²) in [5.41, 5.74) is 2.17. The van der Waals surface area contributed by atoms with Crippen LogP contribution in [0.15, 0.2) is 53.4 Å². The largest absolute Gasteiger partial charge is 0.342 e. The van der Waals surface area contributed by atoms with E-state index in [9.17, 15) is 13.2 Å². The number of amides is 1. The monoisotopic (exact) mass is 371 g/mol. The lowest BCUT2D eigenvalue weighted by Crippen LogP contribution is -2.32. The molecule has 0 unspecified atom stereocenters. The van der Waals surface area contributed by atoms with Gasteiger partial charge in [-0.1, -0.05) is 26.0 Å². The third-order valence-corrected chi connectivity index (χ3v) is 5.33. The first kappa shape index (κ1) is 18.1. The van der Waals surface area contributed by atoms with Gasteiger partial charge in [0.2, 0.25) is 0 Å². The summed E-state index contributed by atoms with van der Waals surface area (Å²) in [4.78, 5) is 20.6. The first-order valence-corrected chi connectivity index (χ1v) is 10.2. The Hall–Kier alpha value is -2.67. The van der Waals surface area contributed by atoms with Crippen molar-refractivity contribution in [3.63, 3.8) is 0 Å². The number of aromatic amines is 1. The van der Waals surface area contributed by atoms with Gasteiger partial charge in [0.1, 0.15) is 5.82 Å². The predicted octanol–water partition coefficient (Wildman–Crippen LogP) is 3.09. The molecule has 0 aliphatic rings. The van der Waals surface area contributed by atoms with Crippen molar-refractivity contribution in [2.75, 3.05) is 6.26 Å². The SMILES string of the molecule is CC(C)[C@@H](NC(=O)c1ccc(S(C)(=O)=O)cc1)c1nc2ccccc2[nH]1. The van der Waals surface area contributed by atoms with E-state index in [1.165, 1.54) is 24.3 Å². The number of fused-ring (bicyclic) bond motifs is 1. The molecule has 2 aromatic carbocycles. The maximum Gasteiger partial charge on any atom is 0.251 e. The third-order valence-electron chi connectivity index (χ3n) is 4.20. The molecule has 3 rings (SSSR count). The normalized spacial score (nSPS) is 13.1. The average Bonchev–Trinajstić information content (AvgIpc) is 3.02. The van der Waals surface area contributed by atoms with Crippen LogP contribution in [-0.4, -0.2) is 30.5 Å². The van der Waals surface area contributed by atoms with Crippen molar-refractivity contribution in [3.8, 4) is 0 Å². The first-order valence-electron chi connectivity index (χ1n) is 8.31. The van der Waals surface area contributed by atoms with Crippen LogP contribution < -0.4 is 5.32 Å². The van der Waals surface area contributed by atoms with Gasteiger partial charge < -0.3 is 10.3 Å². The number of nitrogens with one attached hydrogen (secondary N) is 2. The van der Waals surface area contributed by atoms with Gasteiger partial charge in [-0.15, -0.1) is 0 Å². The standard InChI is InChI=1S/C19H21N3O3S/c1-12(2)17(18-20-15-6-4-5-7-16(15)21-18)22-19(23)13-8-10-14(11-9-13)26(3,24)25/h4-12,17H,1-3H3,(H,20,21)(H,22,23)/t17-/m1/s1. The Balaban J connectivity index is 1.84. The highest BCUT2D eigenvalue weighted by Crippen LogP contribution is 2.23. The fraction of sp³-hybridized carbons (Fsp3) is 0.263. The quantitative estimate of drug-likeness (QED) is 0.721. The van der Waals surface area contributed by atoms with E-state index in [4.69, 9.17) is 0 Å². The van der Waals surface area contributed by atoms with Crippen LogP contribution in [0.5, 0.6) is 0 Å². The van der Waals surface area contributed by atoms with Crippen LogP contribution in [0.4, 0.5) is 0 Å². The minimum absolute atomic E-state index is 0.120. The highest BCUT2D eigenvalue weighted by molar-refractivity contribution is 7.90. The molecule has 6 nitrogen and oxygen atoms in total. The van der Waals surface area contributed by atoms with E-state index in [0.717, 1.165) is 17.3 Å². The summed E-state index contributed by atoms with van der Waals surface area (Å²) in [6, 6.07) is 13.3. The number of imidazole rings is 1. The molecular weight excluding hydrogens is 350 g/mol. The van der Waals surface area contributed by atoms with Gasteiger partial charge in [0.15, 0.2) is 9.84 Å². The number of carbonyl (C=O) groups excluding carboxylic acids is 1. The van der Waals surface area contributed by atoms with Crippen LogP contribution in [0, 0.1) is 5.92 Å². The predicted molar refractivity (Wildman–Crippen MR) is 101 cm³/mol. The van der Waals surface area contributed by atoms with Gasteiger partial charge in [-0.2, -0.15) is 0 Å². The molecule has 0 radical (unpaired) electrons. The molecule has 0 saturated carbocycles. The van der Waals surface area contributed by atoms with Gasteiger partial charge in [-0.25, -0.2) is 13.4 Å². The molecule has 7 heteroatoms. The zero-order valence-corrected chi connectivity index (χ0v) is 15.7. The number of rotatable bonds is 5. The van der Waals surface area contributed by atoms with Crippen LogP contribution >= 0.6 is 0 Å². The second-order valence-corrected chi connectivity index (χ2v) is 8.65. The molecule has 0 aliphatic heterocycles. The zero-order valence-electron chi connectivity index (χ0n) is 14.9. The minimum Gasteiger partial charge on any atom is -0.342 e. The van der Waals surface area contributed by atoms with E-state index in [-0.39, 0.29) is 22.8 Å². The van der Waals surface area contributed by atoms with Crippen molar-refractivity contribution < 1.29 is 13.2 Å². The van der Waals surface area contributed by atoms with Crippen LogP contribution in [0.2, 0.25) is 0 Å². The van der Waals surface area contributed by atoms with Crippen molar-refractivity contribution in [2.45, 2.75) is 24.8 Å². The second-order valence-electron chi connectivity index (χ2n) is 6.63.